The summed E-state index contributed by atoms with van der Waals surface area (Å²) in [7, 11) is 1.65. The fraction of sp³-hybridized carbons (Fsp3) is 0.421. The Kier molecular flexibility index (Phi) is 4.26. The highest BCUT2D eigenvalue weighted by molar-refractivity contribution is 6.07. The van der Waals surface area contributed by atoms with Gasteiger partial charge in [-0.25, -0.2) is 0 Å². The number of aryl methyl sites for hydroxylation is 2. The molecule has 5 nitrogen and oxygen atoms in total. The predicted molar refractivity (Wildman–Crippen MR) is 92.4 cm³/mol. The van der Waals surface area contributed by atoms with Crippen molar-refractivity contribution in [2.24, 2.45) is 0 Å². The SMILES string of the molecule is Cc1cc(C)c2nc(C3CC3)cc(C(=O)N(C)CCC(=O)O)c2c1. The van der Waals surface area contributed by atoms with Crippen molar-refractivity contribution in [1.82, 2.24) is 9.88 Å². The monoisotopic (exact) mass is 326 g/mol. The predicted octanol–water partition coefficient (Wildman–Crippen LogP) is 3.28. The van der Waals surface area contributed by atoms with Crippen LogP contribution in [0.25, 0.3) is 10.9 Å². The van der Waals surface area contributed by atoms with Crippen molar-refractivity contribution in [2.75, 3.05) is 13.6 Å². The summed E-state index contributed by atoms with van der Waals surface area (Å²) < 4.78 is 0. The molecule has 0 aliphatic heterocycles. The van der Waals surface area contributed by atoms with Gasteiger partial charge in [-0.3, -0.25) is 14.6 Å². The lowest BCUT2D eigenvalue weighted by Crippen LogP contribution is -2.29. The number of carboxylic acid groups (broad SMARTS) is 1. The van der Waals surface area contributed by atoms with Crippen LogP contribution in [0.1, 0.15) is 52.4 Å². The topological polar surface area (TPSA) is 70.5 Å². The second kappa shape index (κ2) is 6.23. The maximum Gasteiger partial charge on any atom is 0.305 e. The molecule has 0 unspecified atom stereocenters. The highest BCUT2D eigenvalue weighted by Gasteiger charge is 2.28. The van der Waals surface area contributed by atoms with Gasteiger partial charge in [-0.1, -0.05) is 11.6 Å². The average Bonchev–Trinajstić information content (AvgIpc) is 3.36. The number of hydrogen-bond acceptors (Lipinski definition) is 3. The first kappa shape index (κ1) is 16.4. The summed E-state index contributed by atoms with van der Waals surface area (Å²) in [5, 5.41) is 9.69. The van der Waals surface area contributed by atoms with Gasteiger partial charge in [0.25, 0.3) is 5.91 Å². The number of aliphatic carboxylic acids is 1. The highest BCUT2D eigenvalue weighted by Crippen LogP contribution is 2.40. The normalized spacial score (nSPS) is 14.0. The van der Waals surface area contributed by atoms with E-state index in [4.69, 9.17) is 10.1 Å². The minimum absolute atomic E-state index is 0.0568. The summed E-state index contributed by atoms with van der Waals surface area (Å²) in [4.78, 5) is 29.9. The number of carbonyl (C=O) groups is 2. The molecule has 2 aromatic rings. The summed E-state index contributed by atoms with van der Waals surface area (Å²) in [6.45, 7) is 4.21. The van der Waals surface area contributed by atoms with Crippen molar-refractivity contribution in [3.05, 3.63) is 40.6 Å². The summed E-state index contributed by atoms with van der Waals surface area (Å²) >= 11 is 0. The fourth-order valence-corrected chi connectivity index (χ4v) is 3.04. The third kappa shape index (κ3) is 3.25. The van der Waals surface area contributed by atoms with Crippen molar-refractivity contribution in [1.29, 1.82) is 0 Å². The third-order valence-electron chi connectivity index (χ3n) is 4.50. The number of benzene rings is 1. The summed E-state index contributed by atoms with van der Waals surface area (Å²) in [5.41, 5.74) is 4.63. The third-order valence-corrected chi connectivity index (χ3v) is 4.50. The molecule has 1 aliphatic rings. The molecule has 0 radical (unpaired) electrons. The first-order chi connectivity index (χ1) is 11.4. The number of rotatable bonds is 5. The number of amides is 1. The molecule has 24 heavy (non-hydrogen) atoms. The van der Waals surface area contributed by atoms with Crippen molar-refractivity contribution in [3.8, 4) is 0 Å². The van der Waals surface area contributed by atoms with E-state index in [0.717, 1.165) is 40.6 Å². The summed E-state index contributed by atoms with van der Waals surface area (Å²) in [5.74, 6) is -0.596. The van der Waals surface area contributed by atoms with Gasteiger partial charge >= 0.3 is 5.97 Å². The second-order valence-electron chi connectivity index (χ2n) is 6.72. The van der Waals surface area contributed by atoms with Crippen LogP contribution in [-0.4, -0.2) is 40.5 Å². The van der Waals surface area contributed by atoms with E-state index in [1.54, 1.807) is 7.05 Å². The fourth-order valence-electron chi connectivity index (χ4n) is 3.04. The molecule has 0 atom stereocenters. The standard InChI is InChI=1S/C19H22N2O3/c1-11-8-12(2)18-14(9-11)15(10-16(20-18)13-4-5-13)19(24)21(3)7-6-17(22)23/h8-10,13H,4-7H2,1-3H3,(H,22,23). The molecule has 126 valence electrons. The molecule has 1 aliphatic carbocycles. The molecule has 1 N–H and O–H groups in total. The molecule has 1 amide bonds. The van der Waals surface area contributed by atoms with E-state index in [1.807, 2.05) is 26.0 Å². The van der Waals surface area contributed by atoms with Gasteiger partial charge in [-0.15, -0.1) is 0 Å². The van der Waals surface area contributed by atoms with Gasteiger partial charge in [0.2, 0.25) is 0 Å². The first-order valence-electron chi connectivity index (χ1n) is 8.26. The molecular formula is C19H22N2O3. The van der Waals surface area contributed by atoms with Gasteiger partial charge in [0, 0.05) is 30.6 Å². The Hall–Kier alpha value is -2.43. The molecule has 5 heteroatoms. The molecule has 1 aromatic carbocycles. The van der Waals surface area contributed by atoms with Crippen LogP contribution in [0, 0.1) is 13.8 Å². The zero-order chi connectivity index (χ0) is 17.4. The van der Waals surface area contributed by atoms with Crippen LogP contribution in [0.3, 0.4) is 0 Å². The van der Waals surface area contributed by atoms with Gasteiger partial charge in [0.15, 0.2) is 0 Å². The molecule has 1 saturated carbocycles. The molecule has 1 fully saturated rings. The van der Waals surface area contributed by atoms with Gasteiger partial charge in [-0.05, 0) is 44.4 Å². The van der Waals surface area contributed by atoms with E-state index >= 15 is 0 Å². The van der Waals surface area contributed by atoms with E-state index in [1.165, 1.54) is 4.90 Å². The maximum absolute atomic E-state index is 12.9. The maximum atomic E-state index is 12.9. The zero-order valence-corrected chi connectivity index (χ0v) is 14.3. The van der Waals surface area contributed by atoms with Crippen LogP contribution < -0.4 is 0 Å². The van der Waals surface area contributed by atoms with Crippen LogP contribution in [0.2, 0.25) is 0 Å². The van der Waals surface area contributed by atoms with Crippen LogP contribution in [0.4, 0.5) is 0 Å². The Bertz CT molecular complexity index is 825. The van der Waals surface area contributed by atoms with Gasteiger partial charge in [0.1, 0.15) is 0 Å². The molecule has 1 aromatic heterocycles. The molecule has 0 saturated heterocycles. The van der Waals surface area contributed by atoms with E-state index < -0.39 is 5.97 Å². The molecule has 0 spiro atoms. The average molecular weight is 326 g/mol. The quantitative estimate of drug-likeness (QED) is 0.915. The Morgan fingerprint density at radius 2 is 1.96 bits per heavy atom. The molecule has 3 rings (SSSR count). The summed E-state index contributed by atoms with van der Waals surface area (Å²) in [6.07, 6.45) is 2.18. The van der Waals surface area contributed by atoms with Crippen LogP contribution in [-0.2, 0) is 4.79 Å². The Labute approximate surface area is 141 Å². The number of hydrogen-bond donors (Lipinski definition) is 1. The van der Waals surface area contributed by atoms with Crippen LogP contribution >= 0.6 is 0 Å². The van der Waals surface area contributed by atoms with E-state index in [2.05, 4.69) is 6.07 Å². The Morgan fingerprint density at radius 1 is 1.25 bits per heavy atom. The largest absolute Gasteiger partial charge is 0.481 e. The lowest BCUT2D eigenvalue weighted by Gasteiger charge is -2.18. The number of fused-ring (bicyclic) bond motifs is 1. The van der Waals surface area contributed by atoms with E-state index in [0.29, 0.717) is 11.5 Å². The molecule has 0 bridgehead atoms. The Balaban J connectivity index is 2.07. The minimum Gasteiger partial charge on any atom is -0.481 e. The van der Waals surface area contributed by atoms with Crippen molar-refractivity contribution in [2.45, 2.75) is 39.0 Å². The van der Waals surface area contributed by atoms with Gasteiger partial charge in [0.05, 0.1) is 17.5 Å². The number of carboxylic acids is 1. The highest BCUT2D eigenvalue weighted by atomic mass is 16.4. The molecular weight excluding hydrogens is 304 g/mol. The van der Waals surface area contributed by atoms with E-state index in [-0.39, 0.29) is 18.9 Å². The summed E-state index contributed by atoms with van der Waals surface area (Å²) in [6, 6.07) is 5.97. The second-order valence-corrected chi connectivity index (χ2v) is 6.72. The number of pyridine rings is 1. The number of carbonyl (C=O) groups excluding carboxylic acids is 1. The first-order valence-corrected chi connectivity index (χ1v) is 8.26. The van der Waals surface area contributed by atoms with Crippen molar-refractivity contribution >= 4 is 22.8 Å². The van der Waals surface area contributed by atoms with Crippen molar-refractivity contribution < 1.29 is 14.7 Å². The smallest absolute Gasteiger partial charge is 0.305 e. The number of nitrogens with zero attached hydrogens (tertiary/aromatic N) is 2. The molecule has 1 heterocycles. The van der Waals surface area contributed by atoms with E-state index in [9.17, 15) is 9.59 Å². The lowest BCUT2D eigenvalue weighted by atomic mass is 10.00. The van der Waals surface area contributed by atoms with Crippen LogP contribution in [0.5, 0.6) is 0 Å². The zero-order valence-electron chi connectivity index (χ0n) is 14.3. The van der Waals surface area contributed by atoms with Gasteiger partial charge < -0.3 is 10.0 Å². The van der Waals surface area contributed by atoms with Gasteiger partial charge in [-0.2, -0.15) is 0 Å². The number of aromatic nitrogens is 1. The van der Waals surface area contributed by atoms with Crippen LogP contribution in [0.15, 0.2) is 18.2 Å². The lowest BCUT2D eigenvalue weighted by molar-refractivity contribution is -0.137. The van der Waals surface area contributed by atoms with Crippen molar-refractivity contribution in [3.63, 3.8) is 0 Å². The Morgan fingerprint density at radius 3 is 2.58 bits per heavy atom. The minimum atomic E-state index is -0.903.